The average Bonchev–Trinajstić information content (AvgIpc) is 3.13. The van der Waals surface area contributed by atoms with E-state index in [-0.39, 0.29) is 11.2 Å². The fourth-order valence-electron chi connectivity index (χ4n) is 4.07. The Morgan fingerprint density at radius 3 is 2.81 bits per heavy atom. The van der Waals surface area contributed by atoms with Gasteiger partial charge in [0.25, 0.3) is 0 Å². The van der Waals surface area contributed by atoms with Crippen molar-refractivity contribution < 1.29 is 9.13 Å². The lowest BCUT2D eigenvalue weighted by molar-refractivity contribution is 0.0512. The highest BCUT2D eigenvalue weighted by Gasteiger charge is 2.35. The summed E-state index contributed by atoms with van der Waals surface area (Å²) >= 11 is 1.96. The van der Waals surface area contributed by atoms with E-state index < -0.39 is 0 Å². The van der Waals surface area contributed by atoms with Crippen LogP contribution in [0, 0.1) is 5.82 Å². The monoisotopic (exact) mass is 379 g/mol. The Kier molecular flexibility index (Phi) is 6.81. The minimum absolute atomic E-state index is 0.116. The molecule has 0 bridgehead atoms. The van der Waals surface area contributed by atoms with E-state index in [4.69, 9.17) is 4.74 Å². The van der Waals surface area contributed by atoms with E-state index in [2.05, 4.69) is 21.9 Å². The van der Waals surface area contributed by atoms with Crippen LogP contribution in [0.2, 0.25) is 0 Å². The largest absolute Gasteiger partial charge is 0.381 e. The van der Waals surface area contributed by atoms with Gasteiger partial charge in [0.15, 0.2) is 5.96 Å². The first-order chi connectivity index (χ1) is 12.6. The van der Waals surface area contributed by atoms with Crippen molar-refractivity contribution in [2.75, 3.05) is 33.1 Å². The molecule has 0 aromatic heterocycles. The Labute approximate surface area is 160 Å². The van der Waals surface area contributed by atoms with Gasteiger partial charge in [-0.25, -0.2) is 4.39 Å². The van der Waals surface area contributed by atoms with Gasteiger partial charge in [-0.05, 0) is 56.1 Å². The number of nitrogens with one attached hydrogen (secondary N) is 2. The second-order valence-electron chi connectivity index (χ2n) is 7.34. The summed E-state index contributed by atoms with van der Waals surface area (Å²) < 4.78 is 19.4. The predicted octanol–water partition coefficient (Wildman–Crippen LogP) is 3.32. The number of guanidine groups is 1. The number of ether oxygens (including phenoxy) is 1. The van der Waals surface area contributed by atoms with E-state index in [0.29, 0.717) is 19.3 Å². The van der Waals surface area contributed by atoms with Crippen molar-refractivity contribution in [3.8, 4) is 0 Å². The molecule has 1 aliphatic carbocycles. The highest BCUT2D eigenvalue weighted by molar-refractivity contribution is 7.99. The molecule has 2 N–H and O–H groups in total. The summed E-state index contributed by atoms with van der Waals surface area (Å²) in [4.78, 5) is 4.41. The molecule has 144 valence electrons. The summed E-state index contributed by atoms with van der Waals surface area (Å²) in [5.74, 6) is 0.670. The average molecular weight is 380 g/mol. The van der Waals surface area contributed by atoms with Crippen molar-refractivity contribution >= 4 is 17.7 Å². The molecule has 2 aliphatic rings. The first-order valence-electron chi connectivity index (χ1n) is 9.49. The Balaban J connectivity index is 1.65. The Hall–Kier alpha value is -1.27. The predicted molar refractivity (Wildman–Crippen MR) is 108 cm³/mol. The van der Waals surface area contributed by atoms with Crippen molar-refractivity contribution in [3.63, 3.8) is 0 Å². The van der Waals surface area contributed by atoms with Gasteiger partial charge >= 0.3 is 0 Å². The van der Waals surface area contributed by atoms with Gasteiger partial charge in [0, 0.05) is 43.5 Å². The summed E-state index contributed by atoms with van der Waals surface area (Å²) in [5.41, 5.74) is 0.933. The van der Waals surface area contributed by atoms with Crippen LogP contribution >= 0.6 is 11.8 Å². The van der Waals surface area contributed by atoms with Gasteiger partial charge in [0.05, 0.1) is 0 Å². The van der Waals surface area contributed by atoms with Crippen LogP contribution in [0.25, 0.3) is 0 Å². The molecule has 1 aliphatic heterocycles. The molecular weight excluding hydrogens is 349 g/mol. The fraction of sp³-hybridized carbons (Fsp3) is 0.650. The molecule has 2 atom stereocenters. The van der Waals surface area contributed by atoms with Crippen molar-refractivity contribution in [1.29, 1.82) is 0 Å². The van der Waals surface area contributed by atoms with Gasteiger partial charge in [-0.1, -0.05) is 12.1 Å². The second kappa shape index (κ2) is 9.09. The summed E-state index contributed by atoms with van der Waals surface area (Å²) in [5, 5.41) is 7.83. The number of aliphatic imine (C=N–C) groups is 1. The third kappa shape index (κ3) is 4.71. The van der Waals surface area contributed by atoms with E-state index in [1.165, 1.54) is 25.3 Å². The molecule has 2 unspecified atom stereocenters. The maximum absolute atomic E-state index is 13.8. The second-order valence-corrected chi connectivity index (χ2v) is 8.48. The smallest absolute Gasteiger partial charge is 0.191 e. The van der Waals surface area contributed by atoms with Gasteiger partial charge in [-0.15, -0.1) is 0 Å². The lowest BCUT2D eigenvalue weighted by Crippen LogP contribution is -2.49. The van der Waals surface area contributed by atoms with E-state index in [1.807, 2.05) is 24.9 Å². The number of halogens is 1. The summed E-state index contributed by atoms with van der Waals surface area (Å²) in [7, 11) is 1.81. The SMILES string of the molecule is CN=C(NCC1(c2cccc(F)c2)CCOCC1)NC1CCC(SC)C1. The molecule has 0 spiro atoms. The van der Waals surface area contributed by atoms with Gasteiger partial charge in [0.2, 0.25) is 0 Å². The molecule has 2 fully saturated rings. The summed E-state index contributed by atoms with van der Waals surface area (Å²) in [6.45, 7) is 2.16. The van der Waals surface area contributed by atoms with E-state index in [1.54, 1.807) is 12.1 Å². The van der Waals surface area contributed by atoms with Crippen LogP contribution in [0.1, 0.15) is 37.7 Å². The third-order valence-corrected chi connectivity index (χ3v) is 6.86. The Bertz CT molecular complexity index is 619. The molecule has 1 aromatic rings. The first kappa shape index (κ1) is 19.5. The molecule has 1 aromatic carbocycles. The fourth-order valence-corrected chi connectivity index (χ4v) is 4.87. The van der Waals surface area contributed by atoms with Crippen LogP contribution in [-0.4, -0.2) is 50.3 Å². The number of hydrogen-bond acceptors (Lipinski definition) is 3. The minimum Gasteiger partial charge on any atom is -0.381 e. The van der Waals surface area contributed by atoms with Crippen molar-refractivity contribution in [1.82, 2.24) is 10.6 Å². The highest BCUT2D eigenvalue weighted by Crippen LogP contribution is 2.34. The number of nitrogens with zero attached hydrogens (tertiary/aromatic N) is 1. The van der Waals surface area contributed by atoms with Gasteiger partial charge in [-0.3, -0.25) is 4.99 Å². The Morgan fingerprint density at radius 2 is 2.15 bits per heavy atom. The van der Waals surface area contributed by atoms with Gasteiger partial charge in [-0.2, -0.15) is 11.8 Å². The third-order valence-electron chi connectivity index (χ3n) is 5.76. The summed E-state index contributed by atoms with van der Waals surface area (Å²) in [6, 6.07) is 7.50. The van der Waals surface area contributed by atoms with Crippen LogP contribution in [-0.2, 0) is 10.2 Å². The van der Waals surface area contributed by atoms with Gasteiger partial charge < -0.3 is 15.4 Å². The quantitative estimate of drug-likeness (QED) is 0.609. The van der Waals surface area contributed by atoms with Crippen LogP contribution in [0.5, 0.6) is 0 Å². The molecule has 4 nitrogen and oxygen atoms in total. The lowest BCUT2D eigenvalue weighted by Gasteiger charge is -2.38. The standard InChI is InChI=1S/C20H30FN3OS/c1-22-19(24-17-6-7-18(13-17)26-2)23-14-20(8-10-25-11-9-20)15-4-3-5-16(21)12-15/h3-5,12,17-18H,6-11,13-14H2,1-2H3,(H2,22,23,24). The zero-order valence-corrected chi connectivity index (χ0v) is 16.6. The van der Waals surface area contributed by atoms with E-state index in [9.17, 15) is 4.39 Å². The topological polar surface area (TPSA) is 45.7 Å². The van der Waals surface area contributed by atoms with Crippen LogP contribution in [0.3, 0.4) is 0 Å². The Morgan fingerprint density at radius 1 is 1.35 bits per heavy atom. The minimum atomic E-state index is -0.176. The molecule has 6 heteroatoms. The zero-order chi connectivity index (χ0) is 18.4. The molecule has 3 rings (SSSR count). The molecule has 1 saturated carbocycles. The summed E-state index contributed by atoms with van der Waals surface area (Å²) in [6.07, 6.45) is 7.60. The molecule has 0 radical (unpaired) electrons. The zero-order valence-electron chi connectivity index (χ0n) is 15.8. The van der Waals surface area contributed by atoms with Crippen LogP contribution in [0.4, 0.5) is 4.39 Å². The first-order valence-corrected chi connectivity index (χ1v) is 10.8. The molecular formula is C20H30FN3OS. The lowest BCUT2D eigenvalue weighted by atomic mass is 9.74. The van der Waals surface area contributed by atoms with E-state index >= 15 is 0 Å². The molecule has 1 heterocycles. The van der Waals surface area contributed by atoms with Crippen molar-refractivity contribution in [2.24, 2.45) is 4.99 Å². The van der Waals surface area contributed by atoms with Crippen LogP contribution in [0.15, 0.2) is 29.3 Å². The van der Waals surface area contributed by atoms with Crippen molar-refractivity contribution in [2.45, 2.75) is 48.8 Å². The maximum Gasteiger partial charge on any atom is 0.191 e. The number of rotatable bonds is 5. The number of hydrogen-bond donors (Lipinski definition) is 2. The van der Waals surface area contributed by atoms with Crippen molar-refractivity contribution in [3.05, 3.63) is 35.6 Å². The molecule has 1 saturated heterocycles. The van der Waals surface area contributed by atoms with Gasteiger partial charge in [0.1, 0.15) is 5.82 Å². The van der Waals surface area contributed by atoms with Crippen LogP contribution < -0.4 is 10.6 Å². The molecule has 26 heavy (non-hydrogen) atoms. The number of benzene rings is 1. The maximum atomic E-state index is 13.8. The normalized spacial score (nSPS) is 25.9. The van der Waals surface area contributed by atoms with E-state index in [0.717, 1.165) is 36.2 Å². The molecule has 0 amide bonds. The number of thioether (sulfide) groups is 1. The highest BCUT2D eigenvalue weighted by atomic mass is 32.2.